The van der Waals surface area contributed by atoms with Gasteiger partial charge in [0.2, 0.25) is 17.7 Å². The number of ether oxygens (including phenoxy) is 2. The number of methoxy groups -OCH3 is 1. The number of aromatic nitrogens is 2. The lowest BCUT2D eigenvalue weighted by Gasteiger charge is -2.52. The molecule has 64 heavy (non-hydrogen) atoms. The molecular formula is C49H59N6O7Si2. The molecule has 1 aliphatic carbocycles. The molecule has 15 heteroatoms. The molecule has 9 rings (SSSR count). The minimum atomic E-state index is -1.05. The van der Waals surface area contributed by atoms with Crippen LogP contribution in [0, 0.1) is 16.7 Å². The van der Waals surface area contributed by atoms with E-state index in [0.717, 1.165) is 62.9 Å². The zero-order chi connectivity index (χ0) is 45.5. The van der Waals surface area contributed by atoms with E-state index in [9.17, 15) is 19.5 Å². The van der Waals surface area contributed by atoms with Crippen molar-refractivity contribution in [2.75, 3.05) is 26.8 Å². The number of carbonyl (C=O) groups is 4. The SMILES string of the molecule is CCn1c(-c2cccnc2[C@@](C)([Si])OC)c2c3cc(ccc31)-c1cc(O)cc(c1)CC1(C(=O)N3CCC[C@H](N3)C(=O)OCC(C)(C)C2)C(NC(=O)[C@@H]2[C@@H](C)CCCN2C(C)=O)C2[Si]C21. The Balaban J connectivity index is 1.19. The number of carbonyl (C=O) groups excluding carboxylic acids is 4. The van der Waals surface area contributed by atoms with Crippen molar-refractivity contribution in [1.82, 2.24) is 30.2 Å². The summed E-state index contributed by atoms with van der Waals surface area (Å²) in [5.74, 6) is -0.912. The van der Waals surface area contributed by atoms with Crippen molar-refractivity contribution in [2.24, 2.45) is 16.7 Å². The van der Waals surface area contributed by atoms with Gasteiger partial charge in [-0.3, -0.25) is 29.2 Å². The molecule has 3 saturated heterocycles. The Morgan fingerprint density at radius 3 is 2.62 bits per heavy atom. The van der Waals surface area contributed by atoms with E-state index in [4.69, 9.17) is 14.5 Å². The summed E-state index contributed by atoms with van der Waals surface area (Å²) in [6.45, 7) is 13.5. The van der Waals surface area contributed by atoms with Gasteiger partial charge in [-0.05, 0) is 128 Å². The molecule has 2 aromatic carbocycles. The second kappa shape index (κ2) is 16.6. The number of hydrogen-bond acceptors (Lipinski definition) is 9. The minimum absolute atomic E-state index is 0.0205. The first-order valence-corrected chi connectivity index (χ1v) is 24.5. The van der Waals surface area contributed by atoms with Crippen molar-refractivity contribution in [3.05, 3.63) is 71.5 Å². The Hall–Kier alpha value is -4.84. The van der Waals surface area contributed by atoms with E-state index in [0.29, 0.717) is 48.4 Å². The van der Waals surface area contributed by atoms with Crippen LogP contribution < -0.4 is 10.7 Å². The van der Waals surface area contributed by atoms with E-state index in [1.807, 2.05) is 19.9 Å². The Labute approximate surface area is 381 Å². The monoisotopic (exact) mass is 899 g/mol. The van der Waals surface area contributed by atoms with Crippen molar-refractivity contribution in [1.29, 1.82) is 0 Å². The summed E-state index contributed by atoms with van der Waals surface area (Å²) in [6, 6.07) is 14.1. The number of rotatable bonds is 6. The van der Waals surface area contributed by atoms with Crippen molar-refractivity contribution < 1.29 is 33.8 Å². The van der Waals surface area contributed by atoms with Gasteiger partial charge in [0.25, 0.3) is 0 Å². The Morgan fingerprint density at radius 1 is 1.09 bits per heavy atom. The van der Waals surface area contributed by atoms with Crippen LogP contribution in [0.1, 0.15) is 84.0 Å². The van der Waals surface area contributed by atoms with Crippen LogP contribution in [0.3, 0.4) is 0 Å². The molecule has 4 aliphatic heterocycles. The van der Waals surface area contributed by atoms with E-state index in [1.54, 1.807) is 35.3 Å². The predicted molar refractivity (Wildman–Crippen MR) is 245 cm³/mol. The number of likely N-dealkylation sites (tertiary alicyclic amines) is 1. The summed E-state index contributed by atoms with van der Waals surface area (Å²) in [5.41, 5.74) is 9.09. The molecule has 4 aromatic rings. The fourth-order valence-corrected chi connectivity index (χ4v) is 13.6. The van der Waals surface area contributed by atoms with E-state index in [2.05, 4.69) is 76.7 Å². The van der Waals surface area contributed by atoms with Gasteiger partial charge in [0.05, 0.1) is 38.9 Å². The molecule has 6 heterocycles. The number of pyridine rings is 1. The number of amides is 3. The lowest BCUT2D eigenvalue weighted by Crippen LogP contribution is -2.68. The molecule has 5 radical (unpaired) electrons. The van der Waals surface area contributed by atoms with Crippen LogP contribution in [-0.4, -0.2) is 113 Å². The highest BCUT2D eigenvalue weighted by atomic mass is 28.2. The third-order valence-corrected chi connectivity index (χ3v) is 16.9. The second-order valence-corrected chi connectivity index (χ2v) is 22.3. The molecule has 3 amide bonds. The number of phenolic OH excluding ortho intramolecular Hbond substituents is 1. The van der Waals surface area contributed by atoms with Gasteiger partial charge in [0.1, 0.15) is 17.8 Å². The molecule has 6 bridgehead atoms. The van der Waals surface area contributed by atoms with Gasteiger partial charge in [-0.15, -0.1) is 0 Å². The van der Waals surface area contributed by atoms with E-state index < -0.39 is 40.1 Å². The largest absolute Gasteiger partial charge is 0.508 e. The number of piperidine rings is 1. The number of hydrazine groups is 1. The van der Waals surface area contributed by atoms with E-state index >= 15 is 4.79 Å². The number of nitrogens with one attached hydrogen (secondary N) is 2. The lowest BCUT2D eigenvalue weighted by atomic mass is 9.60. The van der Waals surface area contributed by atoms with Crippen molar-refractivity contribution in [2.45, 2.75) is 121 Å². The van der Waals surface area contributed by atoms with Crippen LogP contribution in [0.2, 0.25) is 11.1 Å². The number of aromatic hydroxyl groups is 1. The molecule has 4 fully saturated rings. The second-order valence-electron chi connectivity index (χ2n) is 19.7. The Bertz CT molecular complexity index is 2540. The van der Waals surface area contributed by atoms with Crippen molar-refractivity contribution in [3.8, 4) is 28.1 Å². The number of fused-ring (bicyclic) bond motifs is 8. The molecule has 3 N–H and O–H groups in total. The van der Waals surface area contributed by atoms with E-state index in [-0.39, 0.29) is 53.5 Å². The average Bonchev–Trinajstić information content (AvgIpc) is 3.96. The van der Waals surface area contributed by atoms with E-state index in [1.165, 1.54) is 6.92 Å². The zero-order valence-corrected chi connectivity index (χ0v) is 39.9. The van der Waals surface area contributed by atoms with Gasteiger partial charge in [0.15, 0.2) is 0 Å². The molecule has 4 unspecified atom stereocenters. The molecule has 2 aromatic heterocycles. The maximum absolute atomic E-state index is 15.3. The maximum Gasteiger partial charge on any atom is 0.324 e. The van der Waals surface area contributed by atoms with Crippen LogP contribution in [-0.2, 0) is 53.3 Å². The van der Waals surface area contributed by atoms with Crippen LogP contribution in [0.15, 0.2) is 54.7 Å². The normalized spacial score (nSPS) is 28.7. The quantitative estimate of drug-likeness (QED) is 0.164. The lowest BCUT2D eigenvalue weighted by molar-refractivity contribution is -0.161. The topological polar surface area (TPSA) is 155 Å². The first-order valence-electron chi connectivity index (χ1n) is 22.8. The van der Waals surface area contributed by atoms with Crippen LogP contribution >= 0.6 is 0 Å². The minimum Gasteiger partial charge on any atom is -0.508 e. The summed E-state index contributed by atoms with van der Waals surface area (Å²) < 4.78 is 14.4. The number of aryl methyl sites for hydroxylation is 1. The molecule has 1 saturated carbocycles. The fourth-order valence-electron chi connectivity index (χ4n) is 11.3. The van der Waals surface area contributed by atoms with Gasteiger partial charge in [-0.2, -0.15) is 0 Å². The number of nitrogens with zero attached hydrogens (tertiary/aromatic N) is 4. The standard InChI is InChI=1S/C49H59N6O7Si2/c1-8-53-37-16-15-30-23-34(37)35(39(53)33-13-9-17-50-41(33)48(6,63)61-7)25-47(4,5)26-62-45(59)36-14-11-19-55(52-36)46(60)49(24-29-20-31(30)22-32(57)21-29)42(40-43(49)64-40)51-44(58)38-27(2)12-10-18-54(38)28(3)56/h9,13,15-17,20-23,27,36,38,40,42-43,52,57H,8,10-12,14,18-19,24-26H2,1-7H3,(H,51,58)/t27-,36-,38-,40?,42?,43?,48+,49?/m0/s1. The maximum atomic E-state index is 15.3. The third-order valence-electron chi connectivity index (χ3n) is 14.6. The van der Waals surface area contributed by atoms with Crippen LogP contribution in [0.25, 0.3) is 33.3 Å². The summed E-state index contributed by atoms with van der Waals surface area (Å²) in [7, 11) is 5.97. The average molecular weight is 900 g/mol. The molecular weight excluding hydrogens is 841 g/mol. The van der Waals surface area contributed by atoms with Gasteiger partial charge in [0, 0.05) is 77.3 Å². The third kappa shape index (κ3) is 7.59. The summed E-state index contributed by atoms with van der Waals surface area (Å²) in [4.78, 5) is 63.1. The molecule has 335 valence electrons. The number of cyclic esters (lactones) is 1. The smallest absolute Gasteiger partial charge is 0.324 e. The molecule has 5 aliphatic rings. The van der Waals surface area contributed by atoms with Crippen molar-refractivity contribution in [3.63, 3.8) is 0 Å². The summed E-state index contributed by atoms with van der Waals surface area (Å²) >= 11 is 0. The highest BCUT2D eigenvalue weighted by Crippen LogP contribution is 2.72. The van der Waals surface area contributed by atoms with Gasteiger partial charge >= 0.3 is 5.97 Å². The van der Waals surface area contributed by atoms with Gasteiger partial charge in [-0.25, -0.2) is 5.43 Å². The zero-order valence-electron chi connectivity index (χ0n) is 37.9. The van der Waals surface area contributed by atoms with Crippen LogP contribution in [0.4, 0.5) is 0 Å². The Morgan fingerprint density at radius 2 is 1.88 bits per heavy atom. The van der Waals surface area contributed by atoms with Gasteiger partial charge in [-0.1, -0.05) is 32.9 Å². The molecule has 13 nitrogen and oxygen atoms in total. The van der Waals surface area contributed by atoms with Crippen molar-refractivity contribution >= 4 is 54.4 Å². The number of benzene rings is 2. The summed E-state index contributed by atoms with van der Waals surface area (Å²) in [5, 5.41) is 16.6. The van der Waals surface area contributed by atoms with Crippen LogP contribution in [0.5, 0.6) is 5.75 Å². The Kier molecular flexibility index (Phi) is 11.5. The van der Waals surface area contributed by atoms with Gasteiger partial charge < -0.3 is 29.4 Å². The fraction of sp³-hybridized carbons (Fsp3) is 0.531. The molecule has 8 atom stereocenters. The highest BCUT2D eigenvalue weighted by Gasteiger charge is 2.76. The molecule has 1 spiro atoms. The highest BCUT2D eigenvalue weighted by molar-refractivity contribution is 6.57. The summed E-state index contributed by atoms with van der Waals surface area (Å²) in [6.07, 6.45) is 5.35. The first kappa shape index (κ1) is 44.4. The first-order chi connectivity index (χ1) is 30.5. The number of hydrogen-bond donors (Lipinski definition) is 3. The predicted octanol–water partition coefficient (Wildman–Crippen LogP) is 5.67. The number of esters is 1. The number of phenols is 1.